The van der Waals surface area contributed by atoms with E-state index in [1.807, 2.05) is 13.0 Å². The number of aryl methyl sites for hydroxylation is 2. The molecule has 0 aromatic carbocycles. The Kier molecular flexibility index (Phi) is 7.90. The standard InChI is InChI=1S/C20H32N6O2/c1-3-21-20(22-11-7-10-19-24-16(2)25-28-19)23-15-17(18-9-8-14-27-18)26-12-5-4-6-13-26/h8-9,14,17H,3-7,10-13,15H2,1-2H3,(H2,21,22,23). The quantitative estimate of drug-likeness (QED) is 0.388. The molecule has 0 amide bonds. The van der Waals surface area contributed by atoms with Crippen LogP contribution in [0.1, 0.15) is 56.1 Å². The second-order valence-electron chi connectivity index (χ2n) is 7.11. The van der Waals surface area contributed by atoms with E-state index in [1.165, 1.54) is 19.3 Å². The van der Waals surface area contributed by atoms with Crippen molar-refractivity contribution in [1.82, 2.24) is 25.7 Å². The molecule has 1 fully saturated rings. The first-order valence-electron chi connectivity index (χ1n) is 10.3. The van der Waals surface area contributed by atoms with Crippen LogP contribution in [-0.2, 0) is 6.42 Å². The highest BCUT2D eigenvalue weighted by Crippen LogP contribution is 2.25. The Balaban J connectivity index is 1.54. The summed E-state index contributed by atoms with van der Waals surface area (Å²) in [6.45, 7) is 8.41. The summed E-state index contributed by atoms with van der Waals surface area (Å²) in [5, 5.41) is 10.5. The third-order valence-corrected chi connectivity index (χ3v) is 4.90. The van der Waals surface area contributed by atoms with Crippen molar-refractivity contribution in [3.63, 3.8) is 0 Å². The third kappa shape index (κ3) is 6.09. The summed E-state index contributed by atoms with van der Waals surface area (Å²) in [5.41, 5.74) is 0. The number of aliphatic imine (C=N–C) groups is 1. The molecule has 8 nitrogen and oxygen atoms in total. The molecule has 154 valence electrons. The Morgan fingerprint density at radius 3 is 2.82 bits per heavy atom. The van der Waals surface area contributed by atoms with Crippen LogP contribution in [0.2, 0.25) is 0 Å². The van der Waals surface area contributed by atoms with Crippen LogP contribution in [0.25, 0.3) is 0 Å². The molecule has 0 saturated carbocycles. The predicted octanol–water partition coefficient (Wildman–Crippen LogP) is 2.69. The first-order valence-corrected chi connectivity index (χ1v) is 10.3. The SMILES string of the molecule is CCNC(=NCC(c1ccco1)N1CCCCC1)NCCCc1nc(C)no1. The molecule has 1 aliphatic heterocycles. The summed E-state index contributed by atoms with van der Waals surface area (Å²) in [6, 6.07) is 4.20. The molecule has 2 aromatic rings. The van der Waals surface area contributed by atoms with Crippen molar-refractivity contribution in [1.29, 1.82) is 0 Å². The van der Waals surface area contributed by atoms with E-state index in [0.717, 1.165) is 50.7 Å². The molecular weight excluding hydrogens is 356 g/mol. The number of likely N-dealkylation sites (tertiary alicyclic amines) is 1. The van der Waals surface area contributed by atoms with Crippen LogP contribution in [0.5, 0.6) is 0 Å². The van der Waals surface area contributed by atoms with Gasteiger partial charge in [0.05, 0.1) is 18.8 Å². The second kappa shape index (κ2) is 10.8. The molecule has 3 rings (SSSR count). The van der Waals surface area contributed by atoms with Gasteiger partial charge in [0, 0.05) is 19.5 Å². The normalized spacial score (nSPS) is 16.9. The van der Waals surface area contributed by atoms with Crippen LogP contribution in [0.3, 0.4) is 0 Å². The van der Waals surface area contributed by atoms with Crippen LogP contribution in [0.15, 0.2) is 32.3 Å². The Morgan fingerprint density at radius 1 is 1.29 bits per heavy atom. The average molecular weight is 389 g/mol. The highest BCUT2D eigenvalue weighted by Gasteiger charge is 2.24. The molecule has 1 saturated heterocycles. The fourth-order valence-electron chi connectivity index (χ4n) is 3.50. The van der Waals surface area contributed by atoms with Gasteiger partial charge in [-0.05, 0) is 58.3 Å². The highest BCUT2D eigenvalue weighted by molar-refractivity contribution is 5.79. The lowest BCUT2D eigenvalue weighted by atomic mass is 10.1. The van der Waals surface area contributed by atoms with E-state index >= 15 is 0 Å². The molecule has 28 heavy (non-hydrogen) atoms. The summed E-state index contributed by atoms with van der Waals surface area (Å²) in [4.78, 5) is 11.6. The van der Waals surface area contributed by atoms with Gasteiger partial charge in [0.15, 0.2) is 11.8 Å². The maximum atomic E-state index is 5.72. The first-order chi connectivity index (χ1) is 13.8. The zero-order valence-electron chi connectivity index (χ0n) is 17.0. The molecule has 0 aliphatic carbocycles. The van der Waals surface area contributed by atoms with Gasteiger partial charge in [0.2, 0.25) is 5.89 Å². The smallest absolute Gasteiger partial charge is 0.226 e. The van der Waals surface area contributed by atoms with E-state index in [1.54, 1.807) is 6.26 Å². The summed E-state index contributed by atoms with van der Waals surface area (Å²) in [7, 11) is 0. The molecule has 3 heterocycles. The molecular formula is C20H32N6O2. The number of piperidine rings is 1. The highest BCUT2D eigenvalue weighted by atomic mass is 16.5. The van der Waals surface area contributed by atoms with Crippen molar-refractivity contribution in [2.75, 3.05) is 32.7 Å². The summed E-state index contributed by atoms with van der Waals surface area (Å²) in [6.07, 6.45) is 7.21. The fraction of sp³-hybridized carbons (Fsp3) is 0.650. The lowest BCUT2D eigenvalue weighted by molar-refractivity contribution is 0.150. The lowest BCUT2D eigenvalue weighted by Gasteiger charge is -2.32. The molecule has 0 bridgehead atoms. The van der Waals surface area contributed by atoms with E-state index in [9.17, 15) is 0 Å². The van der Waals surface area contributed by atoms with Crippen LogP contribution in [0, 0.1) is 6.92 Å². The van der Waals surface area contributed by atoms with Crippen molar-refractivity contribution in [3.8, 4) is 0 Å². The fourth-order valence-corrected chi connectivity index (χ4v) is 3.50. The largest absolute Gasteiger partial charge is 0.468 e. The molecule has 2 aromatic heterocycles. The lowest BCUT2D eigenvalue weighted by Crippen LogP contribution is -2.40. The van der Waals surface area contributed by atoms with Gasteiger partial charge in [0.25, 0.3) is 0 Å². The van der Waals surface area contributed by atoms with Gasteiger partial charge >= 0.3 is 0 Å². The number of rotatable bonds is 9. The van der Waals surface area contributed by atoms with Crippen molar-refractivity contribution >= 4 is 5.96 Å². The zero-order valence-corrected chi connectivity index (χ0v) is 17.0. The maximum absolute atomic E-state index is 5.72. The zero-order chi connectivity index (χ0) is 19.6. The Labute approximate surface area is 166 Å². The van der Waals surface area contributed by atoms with Gasteiger partial charge in [-0.1, -0.05) is 11.6 Å². The van der Waals surface area contributed by atoms with Gasteiger partial charge in [-0.25, -0.2) is 0 Å². The van der Waals surface area contributed by atoms with E-state index < -0.39 is 0 Å². The number of hydrogen-bond donors (Lipinski definition) is 2. The van der Waals surface area contributed by atoms with Crippen molar-refractivity contribution in [2.24, 2.45) is 4.99 Å². The van der Waals surface area contributed by atoms with Gasteiger partial charge in [-0.3, -0.25) is 9.89 Å². The summed E-state index contributed by atoms with van der Waals surface area (Å²) in [5.74, 6) is 3.19. The topological polar surface area (TPSA) is 91.7 Å². The number of aromatic nitrogens is 2. The predicted molar refractivity (Wildman–Crippen MR) is 108 cm³/mol. The molecule has 1 aliphatic rings. The monoisotopic (exact) mass is 388 g/mol. The minimum atomic E-state index is 0.187. The van der Waals surface area contributed by atoms with Crippen molar-refractivity contribution in [3.05, 3.63) is 35.9 Å². The molecule has 0 radical (unpaired) electrons. The molecule has 2 N–H and O–H groups in total. The number of nitrogens with one attached hydrogen (secondary N) is 2. The summed E-state index contributed by atoms with van der Waals surface area (Å²) >= 11 is 0. The number of hydrogen-bond acceptors (Lipinski definition) is 6. The number of furan rings is 1. The summed E-state index contributed by atoms with van der Waals surface area (Å²) < 4.78 is 10.9. The molecule has 1 unspecified atom stereocenters. The minimum Gasteiger partial charge on any atom is -0.468 e. The number of guanidine groups is 1. The average Bonchev–Trinajstić information content (AvgIpc) is 3.38. The van der Waals surface area contributed by atoms with Crippen LogP contribution < -0.4 is 10.6 Å². The van der Waals surface area contributed by atoms with Gasteiger partial charge < -0.3 is 19.6 Å². The van der Waals surface area contributed by atoms with Crippen molar-refractivity contribution < 1.29 is 8.94 Å². The Morgan fingerprint density at radius 2 is 2.14 bits per heavy atom. The van der Waals surface area contributed by atoms with E-state index in [0.29, 0.717) is 18.3 Å². The van der Waals surface area contributed by atoms with Crippen LogP contribution in [-0.4, -0.2) is 53.7 Å². The van der Waals surface area contributed by atoms with E-state index in [-0.39, 0.29) is 6.04 Å². The Bertz CT molecular complexity index is 706. The van der Waals surface area contributed by atoms with Crippen molar-refractivity contribution in [2.45, 2.75) is 52.0 Å². The maximum Gasteiger partial charge on any atom is 0.226 e. The number of nitrogens with zero attached hydrogens (tertiary/aromatic N) is 4. The van der Waals surface area contributed by atoms with Crippen LogP contribution in [0.4, 0.5) is 0 Å². The van der Waals surface area contributed by atoms with E-state index in [4.69, 9.17) is 13.9 Å². The van der Waals surface area contributed by atoms with Crippen LogP contribution >= 0.6 is 0 Å². The van der Waals surface area contributed by atoms with Gasteiger partial charge in [0.1, 0.15) is 5.76 Å². The minimum absolute atomic E-state index is 0.187. The Hall–Kier alpha value is -2.35. The van der Waals surface area contributed by atoms with E-state index in [2.05, 4.69) is 38.7 Å². The molecule has 8 heteroatoms. The van der Waals surface area contributed by atoms with Gasteiger partial charge in [-0.2, -0.15) is 4.98 Å². The third-order valence-electron chi connectivity index (χ3n) is 4.90. The first kappa shape index (κ1) is 20.4. The second-order valence-corrected chi connectivity index (χ2v) is 7.11. The van der Waals surface area contributed by atoms with Gasteiger partial charge in [-0.15, -0.1) is 0 Å². The molecule has 0 spiro atoms. The molecule has 1 atom stereocenters.